The summed E-state index contributed by atoms with van der Waals surface area (Å²) in [5.74, 6) is -0.0784. The summed E-state index contributed by atoms with van der Waals surface area (Å²) in [4.78, 5) is 29.5. The summed E-state index contributed by atoms with van der Waals surface area (Å²) in [6, 6.07) is 17.3. The molecule has 0 aliphatic heterocycles. The number of nitrogens with zero attached hydrogens (tertiary/aromatic N) is 1. The first-order chi connectivity index (χ1) is 14.6. The molecule has 0 fully saturated rings. The van der Waals surface area contributed by atoms with Gasteiger partial charge in [-0.25, -0.2) is 0 Å². The van der Waals surface area contributed by atoms with Gasteiger partial charge in [0.2, 0.25) is 0 Å². The van der Waals surface area contributed by atoms with Gasteiger partial charge in [0.15, 0.2) is 6.10 Å². The second kappa shape index (κ2) is 10.4. The van der Waals surface area contributed by atoms with E-state index in [1.54, 1.807) is 67.0 Å². The molecule has 3 rings (SSSR count). The number of para-hydroxylation sites is 1. The molecule has 2 amide bonds. The quantitative estimate of drug-likeness (QED) is 0.560. The molecule has 0 radical (unpaired) electrons. The second-order valence-corrected chi connectivity index (χ2v) is 6.98. The molecule has 0 saturated carbocycles. The third kappa shape index (κ3) is 5.81. The highest BCUT2D eigenvalue weighted by Crippen LogP contribution is 2.20. The first-order valence-corrected chi connectivity index (χ1v) is 9.94. The summed E-state index contributed by atoms with van der Waals surface area (Å²) >= 11 is 5.89. The van der Waals surface area contributed by atoms with Crippen molar-refractivity contribution in [2.45, 2.75) is 26.0 Å². The Morgan fingerprint density at radius 3 is 2.53 bits per heavy atom. The van der Waals surface area contributed by atoms with E-state index in [1.807, 2.05) is 13.0 Å². The zero-order valence-corrected chi connectivity index (χ0v) is 17.2. The van der Waals surface area contributed by atoms with Gasteiger partial charge in [-0.05, 0) is 54.4 Å². The highest BCUT2D eigenvalue weighted by atomic mass is 35.5. The van der Waals surface area contributed by atoms with Crippen molar-refractivity contribution in [3.63, 3.8) is 0 Å². The minimum Gasteiger partial charge on any atom is -0.481 e. The Kier molecular flexibility index (Phi) is 7.40. The van der Waals surface area contributed by atoms with E-state index in [-0.39, 0.29) is 11.8 Å². The fourth-order valence-electron chi connectivity index (χ4n) is 2.78. The average Bonchev–Trinajstić information content (AvgIpc) is 2.78. The molecular formula is C23H22ClN3O3. The minimum absolute atomic E-state index is 0.290. The van der Waals surface area contributed by atoms with E-state index >= 15 is 0 Å². The number of carbonyl (C=O) groups is 2. The summed E-state index contributed by atoms with van der Waals surface area (Å²) in [5.41, 5.74) is 1.68. The van der Waals surface area contributed by atoms with Gasteiger partial charge in [0.1, 0.15) is 5.75 Å². The van der Waals surface area contributed by atoms with Crippen LogP contribution in [-0.4, -0.2) is 22.9 Å². The Balaban J connectivity index is 1.67. The lowest BCUT2D eigenvalue weighted by molar-refractivity contribution is -0.122. The van der Waals surface area contributed by atoms with Gasteiger partial charge < -0.3 is 15.4 Å². The number of halogens is 1. The van der Waals surface area contributed by atoms with Crippen molar-refractivity contribution >= 4 is 29.1 Å². The molecule has 1 aromatic heterocycles. The van der Waals surface area contributed by atoms with Crippen LogP contribution in [0.15, 0.2) is 73.1 Å². The van der Waals surface area contributed by atoms with Crippen LogP contribution >= 0.6 is 11.6 Å². The molecule has 2 aromatic carbocycles. The number of anilines is 1. The highest BCUT2D eigenvalue weighted by Gasteiger charge is 2.21. The molecule has 0 spiro atoms. The fraction of sp³-hybridized carbons (Fsp3) is 0.174. The number of pyridine rings is 1. The number of hydrogen-bond acceptors (Lipinski definition) is 4. The van der Waals surface area contributed by atoms with E-state index in [2.05, 4.69) is 15.6 Å². The van der Waals surface area contributed by atoms with Crippen LogP contribution < -0.4 is 15.4 Å². The van der Waals surface area contributed by atoms with E-state index < -0.39 is 6.10 Å². The Hall–Kier alpha value is -3.38. The second-order valence-electron chi connectivity index (χ2n) is 6.55. The summed E-state index contributed by atoms with van der Waals surface area (Å²) in [5, 5.41) is 6.24. The van der Waals surface area contributed by atoms with Crippen molar-refractivity contribution in [3.05, 3.63) is 89.2 Å². The van der Waals surface area contributed by atoms with Crippen molar-refractivity contribution in [2.75, 3.05) is 5.32 Å². The van der Waals surface area contributed by atoms with E-state index in [9.17, 15) is 9.59 Å². The van der Waals surface area contributed by atoms with Gasteiger partial charge in [-0.3, -0.25) is 14.6 Å². The number of nitrogens with one attached hydrogen (secondary N) is 2. The molecule has 0 aliphatic rings. The van der Waals surface area contributed by atoms with Gasteiger partial charge in [-0.2, -0.15) is 0 Å². The van der Waals surface area contributed by atoms with E-state index in [0.717, 1.165) is 5.56 Å². The fourth-order valence-corrected chi connectivity index (χ4v) is 2.91. The van der Waals surface area contributed by atoms with Gasteiger partial charge in [-0.1, -0.05) is 36.7 Å². The predicted molar refractivity (Wildman–Crippen MR) is 117 cm³/mol. The number of amides is 2. The van der Waals surface area contributed by atoms with E-state index in [4.69, 9.17) is 16.3 Å². The summed E-state index contributed by atoms with van der Waals surface area (Å²) in [7, 11) is 0. The monoisotopic (exact) mass is 423 g/mol. The highest BCUT2D eigenvalue weighted by molar-refractivity contribution is 6.30. The van der Waals surface area contributed by atoms with Crippen LogP contribution in [0.4, 0.5) is 5.69 Å². The lowest BCUT2D eigenvalue weighted by Gasteiger charge is -2.18. The van der Waals surface area contributed by atoms with Gasteiger partial charge in [0.25, 0.3) is 11.8 Å². The molecule has 154 valence electrons. The molecule has 3 aromatic rings. The number of carbonyl (C=O) groups excluding carboxylic acids is 2. The standard InChI is InChI=1S/C23H22ClN3O3/c1-2-21(30-18-11-9-17(24)10-12-18)23(29)27-20-8-4-3-7-19(20)22(28)26-15-16-6-5-13-25-14-16/h3-14,21H,2,15H2,1H3,(H,26,28)(H,27,29)/t21-/m1/s1. The molecule has 6 nitrogen and oxygen atoms in total. The maximum absolute atomic E-state index is 12.8. The molecule has 30 heavy (non-hydrogen) atoms. The van der Waals surface area contributed by atoms with Crippen molar-refractivity contribution in [1.82, 2.24) is 10.3 Å². The van der Waals surface area contributed by atoms with Crippen LogP contribution in [-0.2, 0) is 11.3 Å². The number of hydrogen-bond donors (Lipinski definition) is 2. The van der Waals surface area contributed by atoms with E-state index in [1.165, 1.54) is 0 Å². The lowest BCUT2D eigenvalue weighted by atomic mass is 10.1. The smallest absolute Gasteiger partial charge is 0.265 e. The lowest BCUT2D eigenvalue weighted by Crippen LogP contribution is -2.33. The van der Waals surface area contributed by atoms with Crippen molar-refractivity contribution < 1.29 is 14.3 Å². The topological polar surface area (TPSA) is 80.3 Å². The largest absolute Gasteiger partial charge is 0.481 e. The molecular weight excluding hydrogens is 402 g/mol. The summed E-state index contributed by atoms with van der Waals surface area (Å²) in [6.45, 7) is 2.19. The van der Waals surface area contributed by atoms with Crippen molar-refractivity contribution in [1.29, 1.82) is 0 Å². The van der Waals surface area contributed by atoms with Crippen LogP contribution in [0, 0.1) is 0 Å². The van der Waals surface area contributed by atoms with Crippen LogP contribution in [0.25, 0.3) is 0 Å². The van der Waals surface area contributed by atoms with Crippen molar-refractivity contribution in [3.8, 4) is 5.75 Å². The SMILES string of the molecule is CC[C@@H](Oc1ccc(Cl)cc1)C(=O)Nc1ccccc1C(=O)NCc1cccnc1. The molecule has 0 saturated heterocycles. The molecule has 0 unspecified atom stereocenters. The van der Waals surface area contributed by atoms with Gasteiger partial charge in [0.05, 0.1) is 11.3 Å². The van der Waals surface area contributed by atoms with Crippen LogP contribution in [0.5, 0.6) is 5.75 Å². The zero-order valence-electron chi connectivity index (χ0n) is 16.5. The normalized spacial score (nSPS) is 11.4. The Morgan fingerprint density at radius 2 is 1.83 bits per heavy atom. The van der Waals surface area contributed by atoms with Gasteiger partial charge >= 0.3 is 0 Å². The summed E-state index contributed by atoms with van der Waals surface area (Å²) in [6.07, 6.45) is 3.11. The van der Waals surface area contributed by atoms with E-state index in [0.29, 0.717) is 35.0 Å². The van der Waals surface area contributed by atoms with Gasteiger partial charge in [-0.15, -0.1) is 0 Å². The first kappa shape index (κ1) is 21.3. The maximum Gasteiger partial charge on any atom is 0.265 e. The molecule has 2 N–H and O–H groups in total. The Bertz CT molecular complexity index is 994. The molecule has 1 atom stereocenters. The van der Waals surface area contributed by atoms with Crippen LogP contribution in [0.2, 0.25) is 5.02 Å². The Labute approximate surface area is 180 Å². The Morgan fingerprint density at radius 1 is 1.07 bits per heavy atom. The van der Waals surface area contributed by atoms with Crippen molar-refractivity contribution in [2.24, 2.45) is 0 Å². The molecule has 7 heteroatoms. The number of benzene rings is 2. The molecule has 1 heterocycles. The van der Waals surface area contributed by atoms with Crippen LogP contribution in [0.1, 0.15) is 29.3 Å². The maximum atomic E-state index is 12.8. The molecule has 0 aliphatic carbocycles. The number of rotatable bonds is 8. The molecule has 0 bridgehead atoms. The predicted octanol–water partition coefficient (Wildman–Crippen LogP) is 4.46. The number of ether oxygens (including phenoxy) is 1. The first-order valence-electron chi connectivity index (χ1n) is 9.56. The number of aromatic nitrogens is 1. The summed E-state index contributed by atoms with van der Waals surface area (Å²) < 4.78 is 5.78. The average molecular weight is 424 g/mol. The van der Waals surface area contributed by atoms with Gasteiger partial charge in [0, 0.05) is 24.0 Å². The third-order valence-corrected chi connectivity index (χ3v) is 4.61. The third-order valence-electron chi connectivity index (χ3n) is 4.36. The minimum atomic E-state index is -0.710. The van der Waals surface area contributed by atoms with Crippen LogP contribution in [0.3, 0.4) is 0 Å². The zero-order chi connectivity index (χ0) is 21.3.